The Kier molecular flexibility index (Phi) is 13.4. The van der Waals surface area contributed by atoms with Crippen LogP contribution in [0.4, 0.5) is 5.69 Å². The van der Waals surface area contributed by atoms with Crippen LogP contribution in [0.2, 0.25) is 0 Å². The van der Waals surface area contributed by atoms with E-state index in [0.29, 0.717) is 23.8 Å². The molecule has 4 aromatic rings. The smallest absolute Gasteiger partial charge is 0.264 e. The molecule has 0 saturated heterocycles. The minimum atomic E-state index is -4.23. The first kappa shape index (κ1) is 37.8. The molecule has 0 aromatic heterocycles. The maximum atomic E-state index is 14.8. The summed E-state index contributed by atoms with van der Waals surface area (Å²) < 4.78 is 41.1. The van der Waals surface area contributed by atoms with Crippen molar-refractivity contribution in [2.24, 2.45) is 0 Å². The van der Waals surface area contributed by atoms with Gasteiger partial charge in [0.15, 0.2) is 0 Å². The third-order valence-electron chi connectivity index (χ3n) is 9.07. The van der Waals surface area contributed by atoms with E-state index in [0.717, 1.165) is 52.4 Å². The molecule has 51 heavy (non-hydrogen) atoms. The second kappa shape index (κ2) is 18.1. The van der Waals surface area contributed by atoms with Crippen molar-refractivity contribution < 1.29 is 27.5 Å². The van der Waals surface area contributed by atoms with Crippen LogP contribution in [0.15, 0.2) is 113 Å². The Morgan fingerprint density at radius 3 is 2.20 bits per heavy atom. The highest BCUT2D eigenvalue weighted by Crippen LogP contribution is 2.29. The molecule has 0 spiro atoms. The van der Waals surface area contributed by atoms with Gasteiger partial charge in [-0.1, -0.05) is 61.7 Å². The van der Waals surface area contributed by atoms with Crippen molar-refractivity contribution >= 4 is 39.3 Å². The highest BCUT2D eigenvalue weighted by Gasteiger charge is 2.35. The number of methoxy groups -OCH3 is 1. The lowest BCUT2D eigenvalue weighted by molar-refractivity contribution is -0.140. The molecule has 2 amide bonds. The second-order valence-electron chi connectivity index (χ2n) is 12.5. The molecule has 5 rings (SSSR count). The van der Waals surface area contributed by atoms with Crippen molar-refractivity contribution in [3.8, 4) is 11.5 Å². The Morgan fingerprint density at radius 1 is 0.863 bits per heavy atom. The molecule has 0 heterocycles. The minimum absolute atomic E-state index is 0.0169. The largest absolute Gasteiger partial charge is 0.497 e. The van der Waals surface area contributed by atoms with Crippen molar-refractivity contribution in [2.45, 2.75) is 73.9 Å². The first-order chi connectivity index (χ1) is 24.7. The molecule has 270 valence electrons. The van der Waals surface area contributed by atoms with Gasteiger partial charge < -0.3 is 19.7 Å². The number of nitrogens with zero attached hydrogens (tertiary/aromatic N) is 2. The van der Waals surface area contributed by atoms with Gasteiger partial charge in [0.25, 0.3) is 10.0 Å². The predicted octanol–water partition coefficient (Wildman–Crippen LogP) is 7.10. The number of nitrogens with one attached hydrogen (secondary N) is 1. The Balaban J connectivity index is 1.57. The predicted molar refractivity (Wildman–Crippen MR) is 203 cm³/mol. The minimum Gasteiger partial charge on any atom is -0.497 e. The molecule has 1 atom stereocenters. The lowest BCUT2D eigenvalue weighted by Crippen LogP contribution is -2.55. The summed E-state index contributed by atoms with van der Waals surface area (Å²) in [6, 6.07) is 29.3. The van der Waals surface area contributed by atoms with Crippen LogP contribution in [0.5, 0.6) is 11.5 Å². The first-order valence-electron chi connectivity index (χ1n) is 17.4. The summed E-state index contributed by atoms with van der Waals surface area (Å²) in [5, 5.41) is 3.25. The van der Waals surface area contributed by atoms with E-state index in [1.165, 1.54) is 16.7 Å². The van der Waals surface area contributed by atoms with E-state index in [9.17, 15) is 18.0 Å². The molecule has 1 aliphatic carbocycles. The van der Waals surface area contributed by atoms with Gasteiger partial charge >= 0.3 is 0 Å². The molecule has 0 radical (unpaired) electrons. The maximum absolute atomic E-state index is 14.8. The quantitative estimate of drug-likeness (QED) is 0.123. The van der Waals surface area contributed by atoms with Gasteiger partial charge in [-0.2, -0.15) is 0 Å². The van der Waals surface area contributed by atoms with Crippen LogP contribution in [0.1, 0.15) is 50.2 Å². The van der Waals surface area contributed by atoms with Crippen molar-refractivity contribution in [1.82, 2.24) is 10.2 Å². The van der Waals surface area contributed by atoms with E-state index in [4.69, 9.17) is 9.47 Å². The summed E-state index contributed by atoms with van der Waals surface area (Å²) in [6.07, 6.45) is 7.14. The molecule has 1 N–H and O–H groups in total. The van der Waals surface area contributed by atoms with E-state index in [2.05, 4.69) is 5.32 Å². The second-order valence-corrected chi connectivity index (χ2v) is 15.3. The molecule has 0 aliphatic heterocycles. The summed E-state index contributed by atoms with van der Waals surface area (Å²) in [5.74, 6) is 0.413. The van der Waals surface area contributed by atoms with Crippen LogP contribution in [-0.2, 0) is 32.6 Å². The Hall–Kier alpha value is -4.48. The zero-order valence-electron chi connectivity index (χ0n) is 29.5. The summed E-state index contributed by atoms with van der Waals surface area (Å²) in [4.78, 5) is 31.7. The molecule has 9 nitrogen and oxygen atoms in total. The van der Waals surface area contributed by atoms with Gasteiger partial charge in [-0.15, -0.1) is 11.8 Å². The number of anilines is 1. The zero-order valence-corrected chi connectivity index (χ0v) is 31.1. The highest BCUT2D eigenvalue weighted by atomic mass is 32.2. The van der Waals surface area contributed by atoms with Crippen LogP contribution < -0.4 is 19.1 Å². The van der Waals surface area contributed by atoms with Gasteiger partial charge in [0, 0.05) is 23.9 Å². The van der Waals surface area contributed by atoms with Gasteiger partial charge in [0.05, 0.1) is 24.3 Å². The number of sulfonamides is 1. The van der Waals surface area contributed by atoms with E-state index >= 15 is 0 Å². The summed E-state index contributed by atoms with van der Waals surface area (Å²) in [7, 11) is -2.66. The Morgan fingerprint density at radius 2 is 1.55 bits per heavy atom. The normalized spacial score (nSPS) is 13.9. The number of carbonyl (C=O) groups is 2. The van der Waals surface area contributed by atoms with Crippen LogP contribution in [0.3, 0.4) is 0 Å². The summed E-state index contributed by atoms with van der Waals surface area (Å²) in [6.45, 7) is 1.85. The number of amides is 2. The molecular formula is C40H47N3O6S2. The topological polar surface area (TPSA) is 105 Å². The van der Waals surface area contributed by atoms with Gasteiger partial charge in [-0.25, -0.2) is 8.42 Å². The number of benzene rings is 4. The Bertz CT molecular complexity index is 1830. The van der Waals surface area contributed by atoms with Gasteiger partial charge in [0.2, 0.25) is 11.8 Å². The van der Waals surface area contributed by atoms with E-state index in [1.54, 1.807) is 55.6 Å². The van der Waals surface area contributed by atoms with Crippen molar-refractivity contribution in [3.63, 3.8) is 0 Å². The number of thioether (sulfide) groups is 1. The maximum Gasteiger partial charge on any atom is 0.264 e. The average molecular weight is 730 g/mol. The third-order valence-corrected chi connectivity index (χ3v) is 11.6. The SMILES string of the molecule is CCOc1ccc(N(CC(=O)N(Cc2cccc(OC)c2)C(Cc2ccccc2)C(=O)NC2CCCCC2)S(=O)(=O)c2ccc(SC)cc2)cc1. The van der Waals surface area contributed by atoms with Crippen molar-refractivity contribution in [1.29, 1.82) is 0 Å². The summed E-state index contributed by atoms with van der Waals surface area (Å²) >= 11 is 1.51. The van der Waals surface area contributed by atoms with Gasteiger partial charge in [0.1, 0.15) is 24.1 Å². The fraction of sp³-hybridized carbons (Fsp3) is 0.350. The van der Waals surface area contributed by atoms with Crippen molar-refractivity contribution in [3.05, 3.63) is 114 Å². The number of carbonyl (C=O) groups excluding carboxylic acids is 2. The number of hydrogen-bond donors (Lipinski definition) is 1. The molecule has 4 aromatic carbocycles. The van der Waals surface area contributed by atoms with E-state index < -0.39 is 28.5 Å². The summed E-state index contributed by atoms with van der Waals surface area (Å²) in [5.41, 5.74) is 1.93. The number of hydrogen-bond acceptors (Lipinski definition) is 7. The van der Waals surface area contributed by atoms with Gasteiger partial charge in [-0.05, 0) is 97.8 Å². The fourth-order valence-corrected chi connectivity index (χ4v) is 8.17. The lowest BCUT2D eigenvalue weighted by atomic mass is 9.94. The van der Waals surface area contributed by atoms with E-state index in [-0.39, 0.29) is 29.8 Å². The third kappa shape index (κ3) is 10.1. The molecule has 1 unspecified atom stereocenters. The number of rotatable bonds is 16. The van der Waals surface area contributed by atoms with Crippen LogP contribution >= 0.6 is 11.8 Å². The molecule has 1 saturated carbocycles. The number of ether oxygens (including phenoxy) is 2. The van der Waals surface area contributed by atoms with E-state index in [1.807, 2.05) is 67.8 Å². The van der Waals surface area contributed by atoms with Crippen LogP contribution in [0.25, 0.3) is 0 Å². The molecule has 1 fully saturated rings. The average Bonchev–Trinajstić information content (AvgIpc) is 3.16. The van der Waals surface area contributed by atoms with Gasteiger partial charge in [-0.3, -0.25) is 13.9 Å². The van der Waals surface area contributed by atoms with Crippen LogP contribution in [0, 0.1) is 0 Å². The Labute approximate surface area is 306 Å². The van der Waals surface area contributed by atoms with Crippen LogP contribution in [-0.4, -0.2) is 63.7 Å². The molecule has 1 aliphatic rings. The fourth-order valence-electron chi connectivity index (χ4n) is 6.34. The highest BCUT2D eigenvalue weighted by molar-refractivity contribution is 7.98. The molecule has 11 heteroatoms. The molecule has 0 bridgehead atoms. The molecular weight excluding hydrogens is 683 g/mol. The van der Waals surface area contributed by atoms with Crippen molar-refractivity contribution in [2.75, 3.05) is 30.8 Å². The monoisotopic (exact) mass is 729 g/mol. The zero-order chi connectivity index (χ0) is 36.2. The standard InChI is InChI=1S/C40H47N3O6S2/c1-4-49-34-20-18-33(19-21-34)43(51(46,47)37-24-22-36(50-3)23-25-37)29-39(44)42(28-31-14-11-17-35(26-31)48-2)38(27-30-12-7-5-8-13-30)40(45)41-32-15-9-6-10-16-32/h5,7-8,11-14,17-26,32,38H,4,6,9-10,15-16,27-29H2,1-3H3,(H,41,45). The first-order valence-corrected chi connectivity index (χ1v) is 20.0. The lowest BCUT2D eigenvalue weighted by Gasteiger charge is -2.35.